The smallest absolute Gasteiger partial charge is 0.103 e. The Morgan fingerprint density at radius 1 is 1.17 bits per heavy atom. The molecule has 2 rings (SSSR count). The number of anilines is 2. The van der Waals surface area contributed by atoms with Crippen molar-refractivity contribution in [2.24, 2.45) is 5.73 Å². The van der Waals surface area contributed by atoms with E-state index in [1.807, 2.05) is 49.4 Å². The lowest BCUT2D eigenvalue weighted by Crippen LogP contribution is -2.09. The molecule has 92 valence electrons. The Labute approximate surface area is 117 Å². The largest absolute Gasteiger partial charge is 0.389 e. The monoisotopic (exact) mass is 276 g/mol. The molecule has 0 heterocycles. The first-order valence-corrected chi connectivity index (χ1v) is 6.28. The van der Waals surface area contributed by atoms with Crippen LogP contribution >= 0.6 is 23.8 Å². The molecule has 0 aliphatic heterocycles. The fourth-order valence-electron chi connectivity index (χ4n) is 1.65. The molecular formula is C14H13ClN2S. The van der Waals surface area contributed by atoms with Gasteiger partial charge < -0.3 is 11.1 Å². The van der Waals surface area contributed by atoms with Crippen LogP contribution in [0.3, 0.4) is 0 Å². The highest BCUT2D eigenvalue weighted by Crippen LogP contribution is 2.22. The van der Waals surface area contributed by atoms with Crippen LogP contribution in [0.15, 0.2) is 42.5 Å². The van der Waals surface area contributed by atoms with Gasteiger partial charge in [-0.05, 0) is 55.0 Å². The maximum atomic E-state index is 5.85. The average molecular weight is 277 g/mol. The van der Waals surface area contributed by atoms with Gasteiger partial charge in [0.05, 0.1) is 0 Å². The summed E-state index contributed by atoms with van der Waals surface area (Å²) in [7, 11) is 0. The van der Waals surface area contributed by atoms with E-state index in [1.54, 1.807) is 0 Å². The summed E-state index contributed by atoms with van der Waals surface area (Å²) in [5.74, 6) is 0. The topological polar surface area (TPSA) is 38.0 Å². The number of nitrogens with two attached hydrogens (primary N) is 1. The Bertz CT molecular complexity index is 579. The van der Waals surface area contributed by atoms with Gasteiger partial charge >= 0.3 is 0 Å². The van der Waals surface area contributed by atoms with Crippen LogP contribution in [0.2, 0.25) is 5.02 Å². The Balaban J connectivity index is 2.24. The lowest BCUT2D eigenvalue weighted by atomic mass is 10.1. The van der Waals surface area contributed by atoms with Crippen molar-refractivity contribution in [2.45, 2.75) is 6.92 Å². The molecule has 2 aromatic carbocycles. The maximum Gasteiger partial charge on any atom is 0.103 e. The number of rotatable bonds is 3. The van der Waals surface area contributed by atoms with E-state index in [4.69, 9.17) is 29.6 Å². The molecule has 18 heavy (non-hydrogen) atoms. The van der Waals surface area contributed by atoms with E-state index in [1.165, 1.54) is 0 Å². The quantitative estimate of drug-likeness (QED) is 0.832. The fourth-order valence-corrected chi connectivity index (χ4v) is 1.90. The third kappa shape index (κ3) is 3.00. The van der Waals surface area contributed by atoms with E-state index in [-0.39, 0.29) is 0 Å². The van der Waals surface area contributed by atoms with Gasteiger partial charge in [-0.1, -0.05) is 23.8 Å². The van der Waals surface area contributed by atoms with Crippen LogP contribution in [0.1, 0.15) is 11.1 Å². The Morgan fingerprint density at radius 3 is 2.39 bits per heavy atom. The van der Waals surface area contributed by atoms with Gasteiger partial charge in [0.1, 0.15) is 4.99 Å². The first-order chi connectivity index (χ1) is 8.56. The SMILES string of the molecule is Cc1cc(C(N)=S)ccc1Nc1ccc(Cl)cc1. The van der Waals surface area contributed by atoms with Crippen molar-refractivity contribution in [1.82, 2.24) is 0 Å². The van der Waals surface area contributed by atoms with Gasteiger partial charge in [0, 0.05) is 22.0 Å². The minimum Gasteiger partial charge on any atom is -0.389 e. The summed E-state index contributed by atoms with van der Waals surface area (Å²) in [6.45, 7) is 2.01. The van der Waals surface area contributed by atoms with Gasteiger partial charge in [-0.3, -0.25) is 0 Å². The number of halogens is 1. The predicted molar refractivity (Wildman–Crippen MR) is 81.8 cm³/mol. The fraction of sp³-hybridized carbons (Fsp3) is 0.0714. The molecule has 0 spiro atoms. The number of benzene rings is 2. The van der Waals surface area contributed by atoms with Crippen LogP contribution in [0.5, 0.6) is 0 Å². The molecule has 0 unspecified atom stereocenters. The Hall–Kier alpha value is -1.58. The Morgan fingerprint density at radius 2 is 1.83 bits per heavy atom. The minimum absolute atomic E-state index is 0.413. The number of thiocarbonyl (C=S) groups is 1. The zero-order chi connectivity index (χ0) is 13.1. The molecule has 0 bridgehead atoms. The molecule has 0 aliphatic carbocycles. The second kappa shape index (κ2) is 5.38. The summed E-state index contributed by atoms with van der Waals surface area (Å²) in [6, 6.07) is 13.4. The van der Waals surface area contributed by atoms with Gasteiger partial charge in [0.2, 0.25) is 0 Å². The third-order valence-corrected chi connectivity index (χ3v) is 3.12. The van der Waals surface area contributed by atoms with Crippen LogP contribution in [0.25, 0.3) is 0 Å². The van der Waals surface area contributed by atoms with Crippen LogP contribution in [0.4, 0.5) is 11.4 Å². The van der Waals surface area contributed by atoms with E-state index < -0.39 is 0 Å². The molecule has 0 atom stereocenters. The van der Waals surface area contributed by atoms with Crippen LogP contribution in [-0.2, 0) is 0 Å². The van der Waals surface area contributed by atoms with Crippen LogP contribution in [-0.4, -0.2) is 4.99 Å². The van der Waals surface area contributed by atoms with Crippen molar-refractivity contribution >= 4 is 40.2 Å². The van der Waals surface area contributed by atoms with E-state index in [2.05, 4.69) is 5.32 Å². The van der Waals surface area contributed by atoms with Crippen molar-refractivity contribution in [3.8, 4) is 0 Å². The highest BCUT2D eigenvalue weighted by molar-refractivity contribution is 7.80. The number of hydrogen-bond acceptors (Lipinski definition) is 2. The minimum atomic E-state index is 0.413. The summed E-state index contributed by atoms with van der Waals surface area (Å²) < 4.78 is 0. The van der Waals surface area contributed by atoms with Gasteiger partial charge in [0.15, 0.2) is 0 Å². The molecule has 4 heteroatoms. The van der Waals surface area contributed by atoms with Crippen molar-refractivity contribution in [3.05, 3.63) is 58.6 Å². The highest BCUT2D eigenvalue weighted by Gasteiger charge is 2.02. The summed E-state index contributed by atoms with van der Waals surface area (Å²) >= 11 is 10.8. The second-order valence-electron chi connectivity index (χ2n) is 4.03. The zero-order valence-corrected chi connectivity index (χ0v) is 11.5. The van der Waals surface area contributed by atoms with Crippen molar-refractivity contribution in [2.75, 3.05) is 5.32 Å². The average Bonchev–Trinajstić information content (AvgIpc) is 2.34. The number of nitrogens with one attached hydrogen (secondary N) is 1. The molecule has 0 saturated carbocycles. The number of hydrogen-bond donors (Lipinski definition) is 2. The zero-order valence-electron chi connectivity index (χ0n) is 9.91. The summed E-state index contributed by atoms with van der Waals surface area (Å²) in [5, 5.41) is 4.05. The Kier molecular flexibility index (Phi) is 3.84. The molecular weight excluding hydrogens is 264 g/mol. The molecule has 0 fully saturated rings. The molecule has 0 saturated heterocycles. The molecule has 2 nitrogen and oxygen atoms in total. The number of aryl methyl sites for hydroxylation is 1. The molecule has 0 aliphatic rings. The highest BCUT2D eigenvalue weighted by atomic mass is 35.5. The van der Waals surface area contributed by atoms with E-state index in [0.717, 1.165) is 27.5 Å². The first kappa shape index (κ1) is 12.9. The molecule has 3 N–H and O–H groups in total. The second-order valence-corrected chi connectivity index (χ2v) is 4.90. The molecule has 0 aromatic heterocycles. The molecule has 0 amide bonds. The molecule has 2 aromatic rings. The van der Waals surface area contributed by atoms with Crippen molar-refractivity contribution < 1.29 is 0 Å². The third-order valence-electron chi connectivity index (χ3n) is 2.63. The summed E-state index contributed by atoms with van der Waals surface area (Å²) in [5.41, 5.74) is 9.59. The first-order valence-electron chi connectivity index (χ1n) is 5.49. The van der Waals surface area contributed by atoms with Gasteiger partial charge in [-0.25, -0.2) is 0 Å². The summed E-state index contributed by atoms with van der Waals surface area (Å²) in [6.07, 6.45) is 0. The summed E-state index contributed by atoms with van der Waals surface area (Å²) in [4.78, 5) is 0.413. The lowest BCUT2D eigenvalue weighted by Gasteiger charge is -2.11. The van der Waals surface area contributed by atoms with E-state index in [0.29, 0.717) is 4.99 Å². The molecule has 0 radical (unpaired) electrons. The maximum absolute atomic E-state index is 5.85. The van der Waals surface area contributed by atoms with Gasteiger partial charge in [-0.15, -0.1) is 0 Å². The van der Waals surface area contributed by atoms with Gasteiger partial charge in [0.25, 0.3) is 0 Å². The normalized spacial score (nSPS) is 10.1. The van der Waals surface area contributed by atoms with Crippen LogP contribution < -0.4 is 11.1 Å². The standard InChI is InChI=1S/C14H13ClN2S/c1-9-8-10(14(16)18)2-7-13(9)17-12-5-3-11(15)4-6-12/h2-8,17H,1H3,(H2,16,18). The van der Waals surface area contributed by atoms with E-state index in [9.17, 15) is 0 Å². The predicted octanol–water partition coefficient (Wildman–Crippen LogP) is 4.03. The van der Waals surface area contributed by atoms with Crippen molar-refractivity contribution in [3.63, 3.8) is 0 Å². The van der Waals surface area contributed by atoms with Gasteiger partial charge in [-0.2, -0.15) is 0 Å². The van der Waals surface area contributed by atoms with E-state index >= 15 is 0 Å². The van der Waals surface area contributed by atoms with Crippen molar-refractivity contribution in [1.29, 1.82) is 0 Å². The van der Waals surface area contributed by atoms with Crippen LogP contribution in [0, 0.1) is 6.92 Å². The lowest BCUT2D eigenvalue weighted by molar-refractivity contribution is 1.42.